The Hall–Kier alpha value is -0.0800. The third-order valence-electron chi connectivity index (χ3n) is 3.77. The number of hydrogen-bond acceptors (Lipinski definition) is 2. The van der Waals surface area contributed by atoms with E-state index in [4.69, 9.17) is 5.73 Å². The summed E-state index contributed by atoms with van der Waals surface area (Å²) < 4.78 is 0. The molecule has 0 spiro atoms. The quantitative estimate of drug-likeness (QED) is 0.673. The van der Waals surface area contributed by atoms with Gasteiger partial charge in [0.05, 0.1) is 0 Å². The van der Waals surface area contributed by atoms with Crippen LogP contribution in [0.2, 0.25) is 0 Å². The van der Waals surface area contributed by atoms with Gasteiger partial charge in [0.15, 0.2) is 0 Å². The van der Waals surface area contributed by atoms with Gasteiger partial charge in [-0.2, -0.15) is 0 Å². The molecule has 0 radical (unpaired) electrons. The molecule has 0 atom stereocenters. The third kappa shape index (κ3) is 1.38. The van der Waals surface area contributed by atoms with Gasteiger partial charge in [-0.1, -0.05) is 26.7 Å². The highest BCUT2D eigenvalue weighted by Crippen LogP contribution is 2.57. The lowest BCUT2D eigenvalue weighted by Gasteiger charge is -2.55. The van der Waals surface area contributed by atoms with Gasteiger partial charge in [-0.25, -0.2) is 0 Å². The summed E-state index contributed by atoms with van der Waals surface area (Å²) in [6, 6.07) is 0. The van der Waals surface area contributed by atoms with Crippen molar-refractivity contribution in [3.63, 3.8) is 0 Å². The highest BCUT2D eigenvalue weighted by Gasteiger charge is 2.50. The summed E-state index contributed by atoms with van der Waals surface area (Å²) in [5.74, 6) is 0. The minimum Gasteiger partial charge on any atom is -0.396 e. The fourth-order valence-corrected chi connectivity index (χ4v) is 2.61. The summed E-state index contributed by atoms with van der Waals surface area (Å²) in [7, 11) is 0. The molecule has 0 aromatic heterocycles. The molecule has 1 rings (SSSR count). The number of nitrogens with two attached hydrogens (primary N) is 1. The van der Waals surface area contributed by atoms with Crippen LogP contribution in [0.5, 0.6) is 0 Å². The van der Waals surface area contributed by atoms with Gasteiger partial charge in [0, 0.05) is 18.6 Å². The van der Waals surface area contributed by atoms with Gasteiger partial charge < -0.3 is 10.8 Å². The van der Waals surface area contributed by atoms with Crippen LogP contribution in [0.25, 0.3) is 0 Å². The predicted octanol–water partition coefficient (Wildman–Crippen LogP) is 1.52. The van der Waals surface area contributed by atoms with Crippen LogP contribution in [0, 0.1) is 10.8 Å². The SMILES string of the molecule is CCC1(CC)CC(CN)(CO)C1. The van der Waals surface area contributed by atoms with Crippen molar-refractivity contribution in [1.82, 2.24) is 0 Å². The topological polar surface area (TPSA) is 46.2 Å². The molecule has 2 nitrogen and oxygen atoms in total. The number of aliphatic hydroxyl groups excluding tert-OH is 1. The van der Waals surface area contributed by atoms with Crippen LogP contribution >= 0.6 is 0 Å². The van der Waals surface area contributed by atoms with Crippen LogP contribution in [0.15, 0.2) is 0 Å². The van der Waals surface area contributed by atoms with Gasteiger partial charge in [-0.05, 0) is 18.3 Å². The summed E-state index contributed by atoms with van der Waals surface area (Å²) in [4.78, 5) is 0. The lowest BCUT2D eigenvalue weighted by atomic mass is 9.51. The van der Waals surface area contributed by atoms with E-state index in [0.717, 1.165) is 12.8 Å². The van der Waals surface area contributed by atoms with Crippen molar-refractivity contribution in [2.45, 2.75) is 39.5 Å². The summed E-state index contributed by atoms with van der Waals surface area (Å²) >= 11 is 0. The van der Waals surface area contributed by atoms with E-state index in [1.54, 1.807) is 0 Å². The molecule has 0 saturated heterocycles. The zero-order chi connectivity index (χ0) is 9.24. The van der Waals surface area contributed by atoms with E-state index in [0.29, 0.717) is 12.0 Å². The minimum absolute atomic E-state index is 0.0754. The van der Waals surface area contributed by atoms with Gasteiger partial charge in [-0.3, -0.25) is 0 Å². The molecule has 0 aliphatic heterocycles. The Morgan fingerprint density at radius 3 is 1.92 bits per heavy atom. The average Bonchev–Trinajstić information content (AvgIpc) is 2.07. The minimum atomic E-state index is 0.0754. The van der Waals surface area contributed by atoms with Crippen LogP contribution in [0.1, 0.15) is 39.5 Å². The largest absolute Gasteiger partial charge is 0.396 e. The molecule has 1 saturated carbocycles. The first-order valence-corrected chi connectivity index (χ1v) is 4.97. The number of aliphatic hydroxyl groups is 1. The van der Waals surface area contributed by atoms with E-state index in [-0.39, 0.29) is 12.0 Å². The van der Waals surface area contributed by atoms with Crippen LogP contribution < -0.4 is 5.73 Å². The Morgan fingerprint density at radius 1 is 1.17 bits per heavy atom. The highest BCUT2D eigenvalue weighted by molar-refractivity contribution is 5.02. The Bertz CT molecular complexity index is 122. The van der Waals surface area contributed by atoms with E-state index in [1.165, 1.54) is 12.8 Å². The van der Waals surface area contributed by atoms with E-state index in [9.17, 15) is 5.11 Å². The first-order valence-electron chi connectivity index (χ1n) is 4.97. The Kier molecular flexibility index (Phi) is 2.79. The van der Waals surface area contributed by atoms with Crippen LogP contribution in [0.4, 0.5) is 0 Å². The van der Waals surface area contributed by atoms with Gasteiger partial charge in [0.1, 0.15) is 0 Å². The number of rotatable bonds is 4. The zero-order valence-electron chi connectivity index (χ0n) is 8.27. The van der Waals surface area contributed by atoms with E-state index in [1.807, 2.05) is 0 Å². The lowest BCUT2D eigenvalue weighted by molar-refractivity contribution is -0.0741. The molecule has 0 aromatic rings. The average molecular weight is 171 g/mol. The first-order chi connectivity index (χ1) is 5.66. The van der Waals surface area contributed by atoms with Crippen molar-refractivity contribution in [2.24, 2.45) is 16.6 Å². The second kappa shape index (κ2) is 3.35. The molecule has 0 heterocycles. The summed E-state index contributed by atoms with van der Waals surface area (Å²) in [5.41, 5.74) is 6.23. The van der Waals surface area contributed by atoms with Crippen molar-refractivity contribution in [1.29, 1.82) is 0 Å². The van der Waals surface area contributed by atoms with Crippen molar-refractivity contribution < 1.29 is 5.11 Å². The molecule has 0 aromatic carbocycles. The Balaban J connectivity index is 2.52. The second-order valence-electron chi connectivity index (χ2n) is 4.42. The molecule has 0 amide bonds. The maximum absolute atomic E-state index is 9.18. The maximum atomic E-state index is 9.18. The third-order valence-corrected chi connectivity index (χ3v) is 3.77. The van der Waals surface area contributed by atoms with Gasteiger partial charge in [-0.15, -0.1) is 0 Å². The predicted molar refractivity (Wildman–Crippen MR) is 50.8 cm³/mol. The van der Waals surface area contributed by atoms with Crippen LogP contribution in [-0.4, -0.2) is 18.3 Å². The molecule has 1 fully saturated rings. The number of hydrogen-bond donors (Lipinski definition) is 2. The molecule has 1 aliphatic carbocycles. The standard InChI is InChI=1S/C10H21NO/c1-3-9(4-2)5-10(6-9,7-11)8-12/h12H,3-8,11H2,1-2H3. The molecule has 72 valence electrons. The fourth-order valence-electron chi connectivity index (χ4n) is 2.61. The van der Waals surface area contributed by atoms with Gasteiger partial charge in [0.2, 0.25) is 0 Å². The Labute approximate surface area is 75.2 Å². The zero-order valence-corrected chi connectivity index (χ0v) is 8.27. The van der Waals surface area contributed by atoms with Gasteiger partial charge in [0.25, 0.3) is 0 Å². The molecule has 12 heavy (non-hydrogen) atoms. The Morgan fingerprint density at radius 2 is 1.67 bits per heavy atom. The van der Waals surface area contributed by atoms with Crippen molar-refractivity contribution in [3.05, 3.63) is 0 Å². The lowest BCUT2D eigenvalue weighted by Crippen LogP contribution is -2.52. The summed E-state index contributed by atoms with van der Waals surface area (Å²) in [6.45, 7) is 5.39. The molecule has 0 unspecified atom stereocenters. The maximum Gasteiger partial charge on any atom is 0.0499 e. The van der Waals surface area contributed by atoms with Crippen molar-refractivity contribution in [3.8, 4) is 0 Å². The van der Waals surface area contributed by atoms with E-state index >= 15 is 0 Å². The highest BCUT2D eigenvalue weighted by atomic mass is 16.3. The fraction of sp³-hybridized carbons (Fsp3) is 1.00. The molecular weight excluding hydrogens is 150 g/mol. The second-order valence-corrected chi connectivity index (χ2v) is 4.42. The van der Waals surface area contributed by atoms with Crippen LogP contribution in [0.3, 0.4) is 0 Å². The van der Waals surface area contributed by atoms with Crippen LogP contribution in [-0.2, 0) is 0 Å². The molecule has 2 heteroatoms. The van der Waals surface area contributed by atoms with Crippen molar-refractivity contribution in [2.75, 3.05) is 13.2 Å². The molecule has 3 N–H and O–H groups in total. The first kappa shape index (κ1) is 10.0. The molecular formula is C10H21NO. The van der Waals surface area contributed by atoms with E-state index < -0.39 is 0 Å². The smallest absolute Gasteiger partial charge is 0.0499 e. The molecule has 1 aliphatic rings. The van der Waals surface area contributed by atoms with Crippen molar-refractivity contribution >= 4 is 0 Å². The van der Waals surface area contributed by atoms with Gasteiger partial charge >= 0.3 is 0 Å². The summed E-state index contributed by atoms with van der Waals surface area (Å²) in [5, 5.41) is 9.18. The normalized spacial score (nSPS) is 25.0. The monoisotopic (exact) mass is 171 g/mol. The summed E-state index contributed by atoms with van der Waals surface area (Å²) in [6.07, 6.45) is 4.70. The molecule has 0 bridgehead atoms. The van der Waals surface area contributed by atoms with E-state index in [2.05, 4.69) is 13.8 Å².